The van der Waals surface area contributed by atoms with Gasteiger partial charge in [0.1, 0.15) is 0 Å². The molecule has 112 valence electrons. The maximum absolute atomic E-state index is 12.3. The number of aliphatic hydroxyl groups is 1. The van der Waals surface area contributed by atoms with Crippen LogP contribution in [0, 0.1) is 0 Å². The monoisotopic (exact) mass is 298 g/mol. The van der Waals surface area contributed by atoms with Crippen LogP contribution in [0.25, 0.3) is 11.2 Å². The number of aromatic amines is 2. The maximum Gasteiger partial charge on any atom is 0.325 e. The number of carbonyl (C=O) groups is 1. The smallest absolute Gasteiger partial charge is 0.325 e. The summed E-state index contributed by atoms with van der Waals surface area (Å²) in [7, 11) is 0. The van der Waals surface area contributed by atoms with E-state index < -0.39 is 5.69 Å². The van der Waals surface area contributed by atoms with Crippen LogP contribution in [-0.2, 0) is 6.42 Å². The first-order valence-corrected chi connectivity index (χ1v) is 6.75. The highest BCUT2D eigenvalue weighted by Crippen LogP contribution is 2.15. The Bertz CT molecular complexity index is 864. The lowest BCUT2D eigenvalue weighted by Gasteiger charge is -2.06. The minimum Gasteiger partial charge on any atom is -0.396 e. The van der Waals surface area contributed by atoms with Gasteiger partial charge in [0.2, 0.25) is 0 Å². The highest BCUT2D eigenvalue weighted by molar-refractivity contribution is 6.10. The Kier molecular flexibility index (Phi) is 3.71. The van der Waals surface area contributed by atoms with Gasteiger partial charge in [0, 0.05) is 18.5 Å². The number of carbonyl (C=O) groups excluding carboxylic acids is 1. The number of benzene rings is 1. The Morgan fingerprint density at radius 1 is 1.18 bits per heavy atom. The van der Waals surface area contributed by atoms with E-state index in [0.717, 1.165) is 5.56 Å². The van der Waals surface area contributed by atoms with Crippen molar-refractivity contribution in [1.82, 2.24) is 15.0 Å². The fraction of sp³-hybridized carbons (Fsp3) is 0.133. The average molecular weight is 298 g/mol. The van der Waals surface area contributed by atoms with Crippen molar-refractivity contribution in [3.8, 4) is 0 Å². The summed E-state index contributed by atoms with van der Waals surface area (Å²) in [5.74, 6) is -0.336. The molecule has 0 aliphatic carbocycles. The van der Waals surface area contributed by atoms with Crippen LogP contribution in [-0.4, -0.2) is 32.6 Å². The average Bonchev–Trinajstić information content (AvgIpc) is 2.89. The predicted octanol–water partition coefficient (Wildman–Crippen LogP) is 1.04. The maximum atomic E-state index is 12.3. The van der Waals surface area contributed by atoms with Gasteiger partial charge >= 0.3 is 5.69 Å². The van der Waals surface area contributed by atoms with E-state index in [1.165, 1.54) is 6.20 Å². The van der Waals surface area contributed by atoms with E-state index in [9.17, 15) is 9.59 Å². The van der Waals surface area contributed by atoms with Gasteiger partial charge in [-0.15, -0.1) is 0 Å². The van der Waals surface area contributed by atoms with Crippen molar-refractivity contribution < 1.29 is 9.90 Å². The largest absolute Gasteiger partial charge is 0.396 e. The van der Waals surface area contributed by atoms with Crippen molar-refractivity contribution in [2.45, 2.75) is 6.42 Å². The van der Waals surface area contributed by atoms with Crippen molar-refractivity contribution in [2.75, 3.05) is 11.9 Å². The minimum atomic E-state index is -0.406. The van der Waals surface area contributed by atoms with Crippen molar-refractivity contribution in [1.29, 1.82) is 0 Å². The first kappa shape index (κ1) is 14.0. The van der Waals surface area contributed by atoms with Crippen molar-refractivity contribution in [3.63, 3.8) is 0 Å². The van der Waals surface area contributed by atoms with Crippen LogP contribution in [0.4, 0.5) is 5.69 Å². The molecule has 0 radical (unpaired) electrons. The Balaban J connectivity index is 1.85. The molecule has 2 aromatic heterocycles. The van der Waals surface area contributed by atoms with E-state index in [-0.39, 0.29) is 12.5 Å². The van der Waals surface area contributed by atoms with Gasteiger partial charge in [-0.2, -0.15) is 0 Å². The molecule has 3 aromatic rings. The molecule has 7 nitrogen and oxygen atoms in total. The summed E-state index contributed by atoms with van der Waals surface area (Å²) in [6.45, 7) is 0.0849. The van der Waals surface area contributed by atoms with Crippen LogP contribution in [0.3, 0.4) is 0 Å². The van der Waals surface area contributed by atoms with Crippen LogP contribution in [0.1, 0.15) is 15.9 Å². The van der Waals surface area contributed by atoms with E-state index in [0.29, 0.717) is 28.8 Å². The summed E-state index contributed by atoms with van der Waals surface area (Å²) >= 11 is 0. The normalized spacial score (nSPS) is 10.8. The van der Waals surface area contributed by atoms with Gasteiger partial charge in [0.15, 0.2) is 5.65 Å². The summed E-state index contributed by atoms with van der Waals surface area (Å²) in [6.07, 6.45) is 2.04. The number of nitrogens with one attached hydrogen (secondary N) is 3. The lowest BCUT2D eigenvalue weighted by Crippen LogP contribution is -2.13. The number of hydrogen-bond donors (Lipinski definition) is 4. The van der Waals surface area contributed by atoms with Crippen LogP contribution >= 0.6 is 0 Å². The summed E-state index contributed by atoms with van der Waals surface area (Å²) in [6, 6.07) is 8.75. The zero-order valence-electron chi connectivity index (χ0n) is 11.6. The zero-order valence-corrected chi connectivity index (χ0v) is 11.6. The van der Waals surface area contributed by atoms with Crippen molar-refractivity contribution in [2.24, 2.45) is 0 Å². The Hall–Kier alpha value is -2.93. The second kappa shape index (κ2) is 5.82. The molecule has 0 aliphatic rings. The first-order chi connectivity index (χ1) is 10.7. The summed E-state index contributed by atoms with van der Waals surface area (Å²) in [5.41, 5.74) is 2.27. The number of amides is 1. The second-order valence-corrected chi connectivity index (χ2v) is 4.79. The van der Waals surface area contributed by atoms with Crippen LogP contribution in [0.15, 0.2) is 41.3 Å². The van der Waals surface area contributed by atoms with Gasteiger partial charge < -0.3 is 15.4 Å². The fourth-order valence-corrected chi connectivity index (χ4v) is 2.21. The molecule has 0 atom stereocenters. The lowest BCUT2D eigenvalue weighted by atomic mass is 10.1. The molecule has 0 unspecified atom stereocenters. The lowest BCUT2D eigenvalue weighted by molar-refractivity contribution is 0.102. The molecule has 4 N–H and O–H groups in total. The number of H-pyrrole nitrogens is 2. The molecule has 0 saturated carbocycles. The van der Waals surface area contributed by atoms with E-state index in [2.05, 4.69) is 20.3 Å². The van der Waals surface area contributed by atoms with Gasteiger partial charge in [-0.05, 0) is 30.2 Å². The molecule has 0 bridgehead atoms. The predicted molar refractivity (Wildman–Crippen MR) is 81.9 cm³/mol. The zero-order chi connectivity index (χ0) is 15.5. The Labute approximate surface area is 125 Å². The highest BCUT2D eigenvalue weighted by atomic mass is 16.3. The highest BCUT2D eigenvalue weighted by Gasteiger charge is 2.13. The number of fused-ring (bicyclic) bond motifs is 1. The molecule has 2 heterocycles. The van der Waals surface area contributed by atoms with Gasteiger partial charge in [-0.25, -0.2) is 9.78 Å². The molecular weight excluding hydrogens is 284 g/mol. The summed E-state index contributed by atoms with van der Waals surface area (Å²) in [4.78, 5) is 32.7. The molecule has 3 rings (SSSR count). The third-order valence-electron chi connectivity index (χ3n) is 3.28. The SMILES string of the molecule is O=C(Nc1ccc(CCO)cc1)c1ccnc2[nH]c(=O)[nH]c12. The van der Waals surface area contributed by atoms with E-state index >= 15 is 0 Å². The molecule has 0 aliphatic heterocycles. The number of pyridine rings is 1. The molecular formula is C15H14N4O3. The molecule has 1 aromatic carbocycles. The third-order valence-corrected chi connectivity index (χ3v) is 3.28. The second-order valence-electron chi connectivity index (χ2n) is 4.79. The third kappa shape index (κ3) is 2.75. The standard InChI is InChI=1S/C15H14N4O3/c20-8-6-9-1-3-10(4-2-9)17-14(21)11-5-7-16-13-12(11)18-15(22)19-13/h1-5,7,20H,6,8H2,(H,17,21)(H2,16,18,19,22). The van der Waals surface area contributed by atoms with Crippen LogP contribution in [0.2, 0.25) is 0 Å². The van der Waals surface area contributed by atoms with E-state index in [1.54, 1.807) is 18.2 Å². The number of aliphatic hydroxyl groups excluding tert-OH is 1. The fourth-order valence-electron chi connectivity index (χ4n) is 2.21. The quantitative estimate of drug-likeness (QED) is 0.576. The summed E-state index contributed by atoms with van der Waals surface area (Å²) < 4.78 is 0. The van der Waals surface area contributed by atoms with E-state index in [1.807, 2.05) is 12.1 Å². The van der Waals surface area contributed by atoms with Crippen molar-refractivity contribution >= 4 is 22.8 Å². The number of imidazole rings is 1. The van der Waals surface area contributed by atoms with Crippen LogP contribution < -0.4 is 11.0 Å². The Morgan fingerprint density at radius 2 is 1.95 bits per heavy atom. The van der Waals surface area contributed by atoms with Gasteiger partial charge in [-0.3, -0.25) is 9.78 Å². The minimum absolute atomic E-state index is 0.0849. The topological polar surface area (TPSA) is 111 Å². The molecule has 0 saturated heterocycles. The molecule has 0 fully saturated rings. The molecule has 7 heteroatoms. The first-order valence-electron chi connectivity index (χ1n) is 6.75. The summed E-state index contributed by atoms with van der Waals surface area (Å²) in [5, 5.41) is 11.6. The number of rotatable bonds is 4. The number of anilines is 1. The molecule has 22 heavy (non-hydrogen) atoms. The van der Waals surface area contributed by atoms with E-state index in [4.69, 9.17) is 5.11 Å². The molecule has 1 amide bonds. The van der Waals surface area contributed by atoms with Crippen molar-refractivity contribution in [3.05, 3.63) is 58.1 Å². The van der Waals surface area contributed by atoms with Gasteiger partial charge in [-0.1, -0.05) is 12.1 Å². The van der Waals surface area contributed by atoms with Crippen LogP contribution in [0.5, 0.6) is 0 Å². The molecule has 0 spiro atoms. The number of hydrogen-bond acceptors (Lipinski definition) is 4. The van der Waals surface area contributed by atoms with Gasteiger partial charge in [0.05, 0.1) is 11.1 Å². The number of nitrogens with zero attached hydrogens (tertiary/aromatic N) is 1. The van der Waals surface area contributed by atoms with Gasteiger partial charge in [0.25, 0.3) is 5.91 Å². The Morgan fingerprint density at radius 3 is 2.68 bits per heavy atom. The number of aromatic nitrogens is 3.